The van der Waals surface area contributed by atoms with Gasteiger partial charge in [0.15, 0.2) is 5.17 Å². The fourth-order valence-corrected chi connectivity index (χ4v) is 3.10. The van der Waals surface area contributed by atoms with Gasteiger partial charge in [0.05, 0.1) is 18.9 Å². The molecule has 24 heavy (non-hydrogen) atoms. The minimum atomic E-state index is -0.481. The molecule has 5 nitrogen and oxygen atoms in total. The maximum Gasteiger partial charge on any atom is 0.159 e. The first-order valence-electron chi connectivity index (χ1n) is 7.45. The van der Waals surface area contributed by atoms with Crippen molar-refractivity contribution in [3.8, 4) is 6.07 Å². The highest BCUT2D eigenvalue weighted by Crippen LogP contribution is 2.17. The van der Waals surface area contributed by atoms with Crippen molar-refractivity contribution in [1.29, 1.82) is 5.26 Å². The van der Waals surface area contributed by atoms with Gasteiger partial charge in [0, 0.05) is 24.7 Å². The van der Waals surface area contributed by atoms with Gasteiger partial charge in [-0.05, 0) is 29.3 Å². The van der Waals surface area contributed by atoms with Gasteiger partial charge in [-0.15, -0.1) is 0 Å². The fourth-order valence-electron chi connectivity index (χ4n) is 2.30. The topological polar surface area (TPSA) is 64.3 Å². The van der Waals surface area contributed by atoms with E-state index in [2.05, 4.69) is 20.2 Å². The first-order valence-corrected chi connectivity index (χ1v) is 8.44. The number of amidine groups is 1. The number of aromatic nitrogens is 1. The maximum atomic E-state index is 13.3. The van der Waals surface area contributed by atoms with E-state index in [1.807, 2.05) is 24.4 Å². The Hall–Kier alpha value is -2.43. The molecule has 3 rings (SSSR count). The molecule has 0 aliphatic carbocycles. The summed E-state index contributed by atoms with van der Waals surface area (Å²) in [6, 6.07) is 10.4. The van der Waals surface area contributed by atoms with Gasteiger partial charge in [-0.2, -0.15) is 5.26 Å². The van der Waals surface area contributed by atoms with E-state index < -0.39 is 5.82 Å². The smallest absolute Gasteiger partial charge is 0.159 e. The third-order valence-corrected chi connectivity index (χ3v) is 4.55. The van der Waals surface area contributed by atoms with Crippen LogP contribution in [0, 0.1) is 17.1 Å². The SMILES string of the molecule is N#Cc1cc(CSC2=NCN(Cc3cccnc3)CN2)ccc1F. The molecule has 0 radical (unpaired) electrons. The highest BCUT2D eigenvalue weighted by molar-refractivity contribution is 8.13. The number of benzene rings is 1. The first-order chi connectivity index (χ1) is 11.7. The van der Waals surface area contributed by atoms with Crippen LogP contribution in [-0.2, 0) is 12.3 Å². The summed E-state index contributed by atoms with van der Waals surface area (Å²) >= 11 is 1.55. The number of thioether (sulfide) groups is 1. The standard InChI is InChI=1S/C17H16FN5S/c18-16-4-3-13(6-15(16)7-19)10-24-17-21-11-23(12-22-17)9-14-2-1-5-20-8-14/h1-6,8H,9-12H2,(H,21,22). The van der Waals surface area contributed by atoms with E-state index in [0.717, 1.165) is 22.8 Å². The van der Waals surface area contributed by atoms with Crippen LogP contribution in [-0.4, -0.2) is 28.4 Å². The fraction of sp³-hybridized carbons (Fsp3) is 0.235. The monoisotopic (exact) mass is 341 g/mol. The third kappa shape index (κ3) is 4.31. The highest BCUT2D eigenvalue weighted by atomic mass is 32.2. The van der Waals surface area contributed by atoms with Crippen molar-refractivity contribution in [3.63, 3.8) is 0 Å². The van der Waals surface area contributed by atoms with E-state index in [1.165, 1.54) is 6.07 Å². The van der Waals surface area contributed by atoms with E-state index in [-0.39, 0.29) is 5.56 Å². The minimum Gasteiger partial charge on any atom is -0.352 e. The van der Waals surface area contributed by atoms with E-state index >= 15 is 0 Å². The van der Waals surface area contributed by atoms with E-state index in [1.54, 1.807) is 30.1 Å². The molecule has 0 bridgehead atoms. The predicted octanol–water partition coefficient (Wildman–Crippen LogP) is 2.70. The second kappa shape index (κ2) is 7.90. The maximum absolute atomic E-state index is 13.3. The van der Waals surface area contributed by atoms with Crippen molar-refractivity contribution in [1.82, 2.24) is 15.2 Å². The Morgan fingerprint density at radius 3 is 2.96 bits per heavy atom. The van der Waals surface area contributed by atoms with Gasteiger partial charge in [-0.25, -0.2) is 9.38 Å². The average molecular weight is 341 g/mol. The lowest BCUT2D eigenvalue weighted by atomic mass is 10.1. The molecule has 0 saturated heterocycles. The molecule has 1 aliphatic rings. The molecule has 2 aromatic rings. The van der Waals surface area contributed by atoms with Gasteiger partial charge in [0.1, 0.15) is 11.9 Å². The quantitative estimate of drug-likeness (QED) is 0.926. The molecule has 0 amide bonds. The number of nitrogens with zero attached hydrogens (tertiary/aromatic N) is 4. The van der Waals surface area contributed by atoms with Crippen molar-refractivity contribution in [2.45, 2.75) is 12.3 Å². The second-order valence-electron chi connectivity index (χ2n) is 5.34. The molecule has 0 fully saturated rings. The zero-order valence-corrected chi connectivity index (χ0v) is 13.8. The molecule has 1 N–H and O–H groups in total. The van der Waals surface area contributed by atoms with E-state index in [9.17, 15) is 4.39 Å². The van der Waals surface area contributed by atoms with Crippen molar-refractivity contribution in [2.24, 2.45) is 4.99 Å². The summed E-state index contributed by atoms with van der Waals surface area (Å²) in [4.78, 5) is 10.8. The molecule has 122 valence electrons. The molecular weight excluding hydrogens is 325 g/mol. The number of aliphatic imine (C=N–C) groups is 1. The van der Waals surface area contributed by atoms with E-state index in [4.69, 9.17) is 5.26 Å². The Morgan fingerprint density at radius 1 is 1.33 bits per heavy atom. The molecule has 2 heterocycles. The number of pyridine rings is 1. The number of halogens is 1. The molecule has 0 atom stereocenters. The van der Waals surface area contributed by atoms with Gasteiger partial charge in [-0.3, -0.25) is 9.88 Å². The molecule has 0 saturated carbocycles. The molecule has 1 aromatic carbocycles. The number of hydrogen-bond acceptors (Lipinski definition) is 6. The summed E-state index contributed by atoms with van der Waals surface area (Å²) in [6.45, 7) is 2.14. The first kappa shape index (κ1) is 16.4. The molecule has 0 unspecified atom stereocenters. The van der Waals surface area contributed by atoms with Crippen LogP contribution < -0.4 is 5.32 Å². The van der Waals surface area contributed by atoms with Crippen LogP contribution in [0.4, 0.5) is 4.39 Å². The summed E-state index contributed by atoms with van der Waals surface area (Å²) in [7, 11) is 0. The number of rotatable bonds is 4. The number of nitriles is 1. The Morgan fingerprint density at radius 2 is 2.25 bits per heavy atom. The lowest BCUT2D eigenvalue weighted by molar-refractivity contribution is 0.258. The summed E-state index contributed by atoms with van der Waals surface area (Å²) in [5, 5.41) is 13.0. The summed E-state index contributed by atoms with van der Waals surface area (Å²) in [6.07, 6.45) is 3.62. The third-order valence-electron chi connectivity index (χ3n) is 3.52. The Labute approximate surface area is 144 Å². The lowest BCUT2D eigenvalue weighted by Crippen LogP contribution is -2.41. The van der Waals surface area contributed by atoms with Crippen LogP contribution in [0.3, 0.4) is 0 Å². The molecule has 1 aromatic heterocycles. The minimum absolute atomic E-state index is 0.0780. The van der Waals surface area contributed by atoms with Crippen LogP contribution in [0.5, 0.6) is 0 Å². The summed E-state index contributed by atoms with van der Waals surface area (Å²) < 4.78 is 13.3. The van der Waals surface area contributed by atoms with Gasteiger partial charge in [-0.1, -0.05) is 23.9 Å². The van der Waals surface area contributed by atoms with Crippen LogP contribution in [0.2, 0.25) is 0 Å². The van der Waals surface area contributed by atoms with Crippen LogP contribution in [0.15, 0.2) is 47.7 Å². The normalized spacial score (nSPS) is 14.6. The zero-order chi connectivity index (χ0) is 16.8. The zero-order valence-electron chi connectivity index (χ0n) is 12.9. The largest absolute Gasteiger partial charge is 0.352 e. The van der Waals surface area contributed by atoms with Crippen molar-refractivity contribution in [3.05, 3.63) is 65.2 Å². The van der Waals surface area contributed by atoms with Gasteiger partial charge in [0.25, 0.3) is 0 Å². The molecular formula is C17H16FN5S. The Balaban J connectivity index is 1.52. The highest BCUT2D eigenvalue weighted by Gasteiger charge is 2.13. The van der Waals surface area contributed by atoms with Crippen LogP contribution >= 0.6 is 11.8 Å². The van der Waals surface area contributed by atoms with Crippen molar-refractivity contribution >= 4 is 16.9 Å². The molecule has 0 spiro atoms. The number of nitrogens with one attached hydrogen (secondary N) is 1. The van der Waals surface area contributed by atoms with Gasteiger partial charge >= 0.3 is 0 Å². The lowest BCUT2D eigenvalue weighted by Gasteiger charge is -2.26. The average Bonchev–Trinajstić information content (AvgIpc) is 2.63. The summed E-state index contributed by atoms with van der Waals surface area (Å²) in [5.41, 5.74) is 2.13. The Bertz CT molecular complexity index is 772. The number of hydrogen-bond donors (Lipinski definition) is 1. The molecule has 1 aliphatic heterocycles. The van der Waals surface area contributed by atoms with Gasteiger partial charge < -0.3 is 5.32 Å². The Kier molecular flexibility index (Phi) is 5.41. The second-order valence-corrected chi connectivity index (χ2v) is 6.31. The predicted molar refractivity (Wildman–Crippen MR) is 92.5 cm³/mol. The van der Waals surface area contributed by atoms with Gasteiger partial charge in [0.2, 0.25) is 0 Å². The summed E-state index contributed by atoms with van der Waals surface area (Å²) in [5.74, 6) is 0.161. The molecule has 7 heteroatoms. The van der Waals surface area contributed by atoms with Crippen LogP contribution in [0.1, 0.15) is 16.7 Å². The van der Waals surface area contributed by atoms with Crippen LogP contribution in [0.25, 0.3) is 0 Å². The van der Waals surface area contributed by atoms with Crippen molar-refractivity contribution in [2.75, 3.05) is 13.3 Å². The van der Waals surface area contributed by atoms with Crippen molar-refractivity contribution < 1.29 is 4.39 Å². The van der Waals surface area contributed by atoms with E-state index in [0.29, 0.717) is 19.1 Å².